The van der Waals surface area contributed by atoms with Crippen LogP contribution < -0.4 is 14.8 Å². The quantitative estimate of drug-likeness (QED) is 0.652. The number of aromatic nitrogens is 1. The Morgan fingerprint density at radius 2 is 1.89 bits per heavy atom. The van der Waals surface area contributed by atoms with Gasteiger partial charge in [0, 0.05) is 23.7 Å². The molecule has 0 saturated carbocycles. The van der Waals surface area contributed by atoms with Crippen molar-refractivity contribution in [1.82, 2.24) is 10.5 Å². The fourth-order valence-electron chi connectivity index (χ4n) is 2.73. The van der Waals surface area contributed by atoms with E-state index in [9.17, 15) is 9.90 Å². The lowest BCUT2D eigenvalue weighted by Gasteiger charge is -2.16. The summed E-state index contributed by atoms with van der Waals surface area (Å²) >= 11 is 0. The highest BCUT2D eigenvalue weighted by Gasteiger charge is 2.18. The second-order valence-corrected chi connectivity index (χ2v) is 6.28. The van der Waals surface area contributed by atoms with Crippen molar-refractivity contribution in [3.63, 3.8) is 0 Å². The van der Waals surface area contributed by atoms with Gasteiger partial charge in [-0.3, -0.25) is 4.79 Å². The molecule has 7 heteroatoms. The number of rotatable bonds is 7. The molecular formula is C21H22N2O5. The smallest absolute Gasteiger partial charge is 0.290 e. The number of carbonyl (C=O) groups is 1. The first-order valence-corrected chi connectivity index (χ1v) is 8.73. The molecule has 0 aliphatic carbocycles. The molecule has 1 aromatic heterocycles. The maximum atomic E-state index is 12.3. The molecule has 0 bridgehead atoms. The SMILES string of the molecule is COc1ccc(OC)c(C(O)CNC(=O)c2cc(-c3ccc(C)cc3)no2)c1. The fourth-order valence-corrected chi connectivity index (χ4v) is 2.73. The molecule has 2 N–H and O–H groups in total. The van der Waals surface area contributed by atoms with Crippen LogP contribution in [0.15, 0.2) is 53.1 Å². The Bertz CT molecular complexity index is 950. The van der Waals surface area contributed by atoms with Gasteiger partial charge < -0.3 is 24.4 Å². The Hall–Kier alpha value is -3.32. The van der Waals surface area contributed by atoms with Crippen LogP contribution in [0.2, 0.25) is 0 Å². The number of hydrogen-bond donors (Lipinski definition) is 2. The normalized spacial score (nSPS) is 11.7. The second-order valence-electron chi connectivity index (χ2n) is 6.28. The van der Waals surface area contributed by atoms with Gasteiger partial charge in [-0.05, 0) is 25.1 Å². The Balaban J connectivity index is 1.67. The Kier molecular flexibility index (Phi) is 5.96. The zero-order chi connectivity index (χ0) is 20.1. The van der Waals surface area contributed by atoms with E-state index in [1.54, 1.807) is 24.3 Å². The average molecular weight is 382 g/mol. The number of amides is 1. The molecule has 0 radical (unpaired) electrons. The van der Waals surface area contributed by atoms with Crippen molar-refractivity contribution in [2.75, 3.05) is 20.8 Å². The van der Waals surface area contributed by atoms with E-state index in [1.807, 2.05) is 31.2 Å². The third kappa shape index (κ3) is 4.32. The van der Waals surface area contributed by atoms with Gasteiger partial charge in [0.2, 0.25) is 5.76 Å². The molecule has 1 unspecified atom stereocenters. The number of aliphatic hydroxyl groups excluding tert-OH is 1. The van der Waals surface area contributed by atoms with E-state index in [0.29, 0.717) is 22.8 Å². The largest absolute Gasteiger partial charge is 0.497 e. The fraction of sp³-hybridized carbons (Fsp3) is 0.238. The summed E-state index contributed by atoms with van der Waals surface area (Å²) in [6.07, 6.45) is -0.978. The number of nitrogens with one attached hydrogen (secondary N) is 1. The van der Waals surface area contributed by atoms with Crippen molar-refractivity contribution in [2.45, 2.75) is 13.0 Å². The predicted octanol–water partition coefficient (Wildman–Crippen LogP) is 3.13. The highest BCUT2D eigenvalue weighted by Crippen LogP contribution is 2.29. The summed E-state index contributed by atoms with van der Waals surface area (Å²) in [6.45, 7) is 1.97. The summed E-state index contributed by atoms with van der Waals surface area (Å²) in [5.41, 5.74) is 3.07. The first-order chi connectivity index (χ1) is 13.5. The number of nitrogens with zero attached hydrogens (tertiary/aromatic N) is 1. The lowest BCUT2D eigenvalue weighted by Crippen LogP contribution is -2.28. The summed E-state index contributed by atoms with van der Waals surface area (Å²) in [4.78, 5) is 12.3. The minimum absolute atomic E-state index is 0.0249. The van der Waals surface area contributed by atoms with Gasteiger partial charge in [-0.25, -0.2) is 0 Å². The second kappa shape index (κ2) is 8.58. The molecule has 3 aromatic rings. The molecule has 0 spiro atoms. The highest BCUT2D eigenvalue weighted by atomic mass is 16.5. The zero-order valence-corrected chi connectivity index (χ0v) is 15.9. The number of ether oxygens (including phenoxy) is 2. The molecular weight excluding hydrogens is 360 g/mol. The Morgan fingerprint density at radius 3 is 2.57 bits per heavy atom. The molecule has 1 atom stereocenters. The first kappa shape index (κ1) is 19.4. The summed E-state index contributed by atoms with van der Waals surface area (Å²) < 4.78 is 15.6. The molecule has 7 nitrogen and oxygen atoms in total. The number of methoxy groups -OCH3 is 2. The standard InChI is InChI=1S/C21H22N2O5/c1-13-4-6-14(7-5-13)17-11-20(28-23-17)21(25)22-12-18(24)16-10-15(26-2)8-9-19(16)27-3/h4-11,18,24H,12H2,1-3H3,(H,22,25). The Labute approximate surface area is 162 Å². The number of aryl methyl sites for hydroxylation is 1. The van der Waals surface area contributed by atoms with Crippen LogP contribution in [0.3, 0.4) is 0 Å². The third-order valence-electron chi connectivity index (χ3n) is 4.33. The summed E-state index contributed by atoms with van der Waals surface area (Å²) in [5.74, 6) is 0.690. The van der Waals surface area contributed by atoms with Crippen LogP contribution in [-0.2, 0) is 0 Å². The molecule has 146 valence electrons. The van der Waals surface area contributed by atoms with Crippen LogP contribution in [-0.4, -0.2) is 36.9 Å². The third-order valence-corrected chi connectivity index (χ3v) is 4.33. The van der Waals surface area contributed by atoms with Crippen LogP contribution >= 0.6 is 0 Å². The van der Waals surface area contributed by atoms with Crippen molar-refractivity contribution in [3.8, 4) is 22.8 Å². The average Bonchev–Trinajstić information content (AvgIpc) is 3.22. The number of carbonyl (C=O) groups excluding carboxylic acids is 1. The molecule has 1 amide bonds. The summed E-state index contributed by atoms with van der Waals surface area (Å²) in [5, 5.41) is 17.0. The molecule has 3 rings (SSSR count). The number of benzene rings is 2. The van der Waals surface area contributed by atoms with Gasteiger partial charge in [0.25, 0.3) is 5.91 Å². The molecule has 0 fully saturated rings. The summed E-state index contributed by atoms with van der Waals surface area (Å²) in [6, 6.07) is 14.4. The van der Waals surface area contributed by atoms with Gasteiger partial charge in [0.1, 0.15) is 23.3 Å². The lowest BCUT2D eigenvalue weighted by atomic mass is 10.1. The van der Waals surface area contributed by atoms with E-state index in [0.717, 1.165) is 11.1 Å². The lowest BCUT2D eigenvalue weighted by molar-refractivity contribution is 0.0878. The van der Waals surface area contributed by atoms with E-state index in [2.05, 4.69) is 10.5 Å². The summed E-state index contributed by atoms with van der Waals surface area (Å²) in [7, 11) is 3.05. The highest BCUT2D eigenvalue weighted by molar-refractivity contribution is 5.92. The van der Waals surface area contributed by atoms with E-state index in [1.165, 1.54) is 14.2 Å². The van der Waals surface area contributed by atoms with Gasteiger partial charge in [0.15, 0.2) is 0 Å². The van der Waals surface area contributed by atoms with E-state index in [-0.39, 0.29) is 12.3 Å². The first-order valence-electron chi connectivity index (χ1n) is 8.73. The van der Waals surface area contributed by atoms with Crippen molar-refractivity contribution >= 4 is 5.91 Å². The molecule has 2 aromatic carbocycles. The van der Waals surface area contributed by atoms with Crippen LogP contribution in [0.5, 0.6) is 11.5 Å². The molecule has 0 aliphatic heterocycles. The van der Waals surface area contributed by atoms with Gasteiger partial charge in [-0.1, -0.05) is 35.0 Å². The van der Waals surface area contributed by atoms with Gasteiger partial charge in [0.05, 0.1) is 14.2 Å². The minimum atomic E-state index is -0.978. The van der Waals surface area contributed by atoms with Gasteiger partial charge in [-0.15, -0.1) is 0 Å². The van der Waals surface area contributed by atoms with Crippen LogP contribution in [0.4, 0.5) is 0 Å². The van der Waals surface area contributed by atoms with Crippen LogP contribution in [0.25, 0.3) is 11.3 Å². The van der Waals surface area contributed by atoms with Gasteiger partial charge in [-0.2, -0.15) is 0 Å². The molecule has 28 heavy (non-hydrogen) atoms. The van der Waals surface area contributed by atoms with E-state index >= 15 is 0 Å². The number of aliphatic hydroxyl groups is 1. The van der Waals surface area contributed by atoms with Crippen molar-refractivity contribution in [2.24, 2.45) is 0 Å². The predicted molar refractivity (Wildman–Crippen MR) is 104 cm³/mol. The van der Waals surface area contributed by atoms with Crippen LogP contribution in [0.1, 0.15) is 27.8 Å². The van der Waals surface area contributed by atoms with Crippen molar-refractivity contribution in [1.29, 1.82) is 0 Å². The maximum absolute atomic E-state index is 12.3. The van der Waals surface area contributed by atoms with E-state index < -0.39 is 12.0 Å². The Morgan fingerprint density at radius 1 is 1.14 bits per heavy atom. The molecule has 0 aliphatic rings. The zero-order valence-electron chi connectivity index (χ0n) is 15.9. The van der Waals surface area contributed by atoms with Crippen LogP contribution in [0, 0.1) is 6.92 Å². The number of hydrogen-bond acceptors (Lipinski definition) is 6. The van der Waals surface area contributed by atoms with Crippen molar-refractivity contribution in [3.05, 3.63) is 65.4 Å². The molecule has 0 saturated heterocycles. The monoisotopic (exact) mass is 382 g/mol. The van der Waals surface area contributed by atoms with E-state index in [4.69, 9.17) is 14.0 Å². The minimum Gasteiger partial charge on any atom is -0.497 e. The topological polar surface area (TPSA) is 93.8 Å². The van der Waals surface area contributed by atoms with Crippen molar-refractivity contribution < 1.29 is 23.9 Å². The van der Waals surface area contributed by atoms with Gasteiger partial charge >= 0.3 is 0 Å². The maximum Gasteiger partial charge on any atom is 0.290 e. The molecule has 1 heterocycles.